The van der Waals surface area contributed by atoms with Gasteiger partial charge in [0.2, 0.25) is 5.91 Å². The van der Waals surface area contributed by atoms with Gasteiger partial charge >= 0.3 is 0 Å². The fraction of sp³-hybridized carbons (Fsp3) is 0.500. The number of hydrogen-bond acceptors (Lipinski definition) is 4. The zero-order valence-corrected chi connectivity index (χ0v) is 20.5. The Hall–Kier alpha value is -2.38. The molecule has 1 atom stereocenters. The molecular formula is C26H35N3O3S. The van der Waals surface area contributed by atoms with Crippen LogP contribution in [0.15, 0.2) is 47.4 Å². The summed E-state index contributed by atoms with van der Waals surface area (Å²) in [7, 11) is -3.74. The monoisotopic (exact) mass is 469 g/mol. The van der Waals surface area contributed by atoms with Crippen LogP contribution < -0.4 is 14.9 Å². The van der Waals surface area contributed by atoms with E-state index in [9.17, 15) is 13.2 Å². The van der Waals surface area contributed by atoms with Crippen LogP contribution in [0.4, 0.5) is 11.4 Å². The zero-order valence-electron chi connectivity index (χ0n) is 19.6. The molecule has 0 bridgehead atoms. The van der Waals surface area contributed by atoms with E-state index in [0.29, 0.717) is 31.2 Å². The van der Waals surface area contributed by atoms with Crippen molar-refractivity contribution in [2.24, 2.45) is 5.92 Å². The standard InChI is InChI=1S/C26H35N3O3S/c1-19(16-21-8-4-3-5-9-21)27-18-23-10-6-7-11-25(23)28-33(31,32)24-12-13-26-22(17-24)14-15-29(26)20(2)30/h6-7,10-13,17,19,21,27-28H,3-5,8-9,14-16,18H2,1-2H3. The van der Waals surface area contributed by atoms with Crippen molar-refractivity contribution in [2.45, 2.75) is 76.3 Å². The number of anilines is 2. The van der Waals surface area contributed by atoms with Gasteiger partial charge in [-0.3, -0.25) is 9.52 Å². The van der Waals surface area contributed by atoms with E-state index in [-0.39, 0.29) is 10.8 Å². The summed E-state index contributed by atoms with van der Waals surface area (Å²) in [5.74, 6) is 0.773. The molecule has 0 saturated heterocycles. The number of fused-ring (bicyclic) bond motifs is 1. The van der Waals surface area contributed by atoms with Gasteiger partial charge in [0.05, 0.1) is 10.6 Å². The predicted molar refractivity (Wildman–Crippen MR) is 133 cm³/mol. The highest BCUT2D eigenvalue weighted by molar-refractivity contribution is 7.92. The fourth-order valence-electron chi connectivity index (χ4n) is 5.14. The molecule has 1 amide bonds. The van der Waals surface area contributed by atoms with Crippen LogP contribution in [0.1, 0.15) is 63.5 Å². The van der Waals surface area contributed by atoms with Crippen molar-refractivity contribution in [3.63, 3.8) is 0 Å². The van der Waals surface area contributed by atoms with Crippen molar-refractivity contribution < 1.29 is 13.2 Å². The molecule has 1 heterocycles. The van der Waals surface area contributed by atoms with Gasteiger partial charge in [-0.2, -0.15) is 0 Å². The summed E-state index contributed by atoms with van der Waals surface area (Å²) in [6, 6.07) is 12.9. The van der Waals surface area contributed by atoms with Gasteiger partial charge in [0.25, 0.3) is 10.0 Å². The van der Waals surface area contributed by atoms with Gasteiger partial charge in [-0.25, -0.2) is 8.42 Å². The SMILES string of the molecule is CC(=O)N1CCc2cc(S(=O)(=O)Nc3ccccc3CNC(C)CC3CCCCC3)ccc21. The number of para-hydroxylation sites is 1. The number of amides is 1. The van der Waals surface area contributed by atoms with Crippen LogP contribution in [-0.4, -0.2) is 26.9 Å². The molecule has 6 nitrogen and oxygen atoms in total. The van der Waals surface area contributed by atoms with Crippen LogP contribution >= 0.6 is 0 Å². The van der Waals surface area contributed by atoms with Gasteiger partial charge in [-0.15, -0.1) is 0 Å². The molecule has 2 aromatic rings. The molecular weight excluding hydrogens is 434 g/mol. The van der Waals surface area contributed by atoms with E-state index in [1.165, 1.54) is 45.4 Å². The van der Waals surface area contributed by atoms with Crippen molar-refractivity contribution in [2.75, 3.05) is 16.2 Å². The maximum absolute atomic E-state index is 13.2. The Morgan fingerprint density at radius 3 is 2.64 bits per heavy atom. The minimum absolute atomic E-state index is 0.0263. The van der Waals surface area contributed by atoms with E-state index in [4.69, 9.17) is 0 Å². The van der Waals surface area contributed by atoms with Gasteiger partial charge in [0.1, 0.15) is 0 Å². The summed E-state index contributed by atoms with van der Waals surface area (Å²) in [4.78, 5) is 13.7. The second-order valence-electron chi connectivity index (χ2n) is 9.50. The van der Waals surface area contributed by atoms with Crippen molar-refractivity contribution in [1.82, 2.24) is 5.32 Å². The summed E-state index contributed by atoms with van der Waals surface area (Å²) in [6.07, 6.45) is 8.54. The maximum Gasteiger partial charge on any atom is 0.261 e. The van der Waals surface area contributed by atoms with Crippen molar-refractivity contribution in [1.29, 1.82) is 0 Å². The highest BCUT2D eigenvalue weighted by atomic mass is 32.2. The van der Waals surface area contributed by atoms with Crippen LogP contribution in [0.3, 0.4) is 0 Å². The number of carbonyl (C=O) groups is 1. The molecule has 1 fully saturated rings. The van der Waals surface area contributed by atoms with Gasteiger partial charge in [0, 0.05) is 31.7 Å². The number of rotatable bonds is 8. The molecule has 0 spiro atoms. The highest BCUT2D eigenvalue weighted by Gasteiger charge is 2.25. The summed E-state index contributed by atoms with van der Waals surface area (Å²) in [5, 5.41) is 3.59. The summed E-state index contributed by atoms with van der Waals surface area (Å²) >= 11 is 0. The largest absolute Gasteiger partial charge is 0.312 e. The van der Waals surface area contributed by atoms with Crippen LogP contribution in [0, 0.1) is 5.92 Å². The van der Waals surface area contributed by atoms with Gasteiger partial charge in [-0.1, -0.05) is 50.3 Å². The van der Waals surface area contributed by atoms with Crippen molar-refractivity contribution in [3.05, 3.63) is 53.6 Å². The average molecular weight is 470 g/mol. The predicted octanol–water partition coefficient (Wildman–Crippen LogP) is 4.84. The van der Waals surface area contributed by atoms with Gasteiger partial charge < -0.3 is 10.2 Å². The first-order chi connectivity index (χ1) is 15.8. The third-order valence-corrected chi connectivity index (χ3v) is 8.31. The van der Waals surface area contributed by atoms with E-state index >= 15 is 0 Å². The van der Waals surface area contributed by atoms with Crippen molar-refractivity contribution in [3.8, 4) is 0 Å². The summed E-state index contributed by atoms with van der Waals surface area (Å²) in [5.41, 5.74) is 3.22. The number of carbonyl (C=O) groups excluding carboxylic acids is 1. The van der Waals surface area contributed by atoms with E-state index < -0.39 is 10.0 Å². The Balaban J connectivity index is 1.43. The lowest BCUT2D eigenvalue weighted by molar-refractivity contribution is -0.116. The number of nitrogens with zero attached hydrogens (tertiary/aromatic N) is 1. The molecule has 1 saturated carbocycles. The molecule has 2 aliphatic rings. The molecule has 33 heavy (non-hydrogen) atoms. The zero-order chi connectivity index (χ0) is 23.4. The maximum atomic E-state index is 13.2. The second kappa shape index (κ2) is 10.3. The molecule has 0 aromatic heterocycles. The van der Waals surface area contributed by atoms with E-state index in [0.717, 1.165) is 22.7 Å². The number of sulfonamides is 1. The Kier molecular flexibility index (Phi) is 7.39. The van der Waals surface area contributed by atoms with Crippen LogP contribution in [0.2, 0.25) is 0 Å². The molecule has 178 valence electrons. The van der Waals surface area contributed by atoms with Crippen LogP contribution in [0.5, 0.6) is 0 Å². The third-order valence-electron chi connectivity index (χ3n) is 6.95. The van der Waals surface area contributed by atoms with Gasteiger partial charge in [0.15, 0.2) is 0 Å². The summed E-state index contributed by atoms with van der Waals surface area (Å²) in [6.45, 7) is 4.96. The normalized spacial score (nSPS) is 17.6. The van der Waals surface area contributed by atoms with Gasteiger partial charge in [-0.05, 0) is 61.1 Å². The second-order valence-corrected chi connectivity index (χ2v) is 11.2. The molecule has 2 N–H and O–H groups in total. The lowest BCUT2D eigenvalue weighted by atomic mass is 9.85. The lowest BCUT2D eigenvalue weighted by Crippen LogP contribution is -2.29. The van der Waals surface area contributed by atoms with Crippen LogP contribution in [-0.2, 0) is 27.8 Å². The molecule has 1 aliphatic heterocycles. The minimum atomic E-state index is -3.74. The third kappa shape index (κ3) is 5.76. The topological polar surface area (TPSA) is 78.5 Å². The Morgan fingerprint density at radius 2 is 1.88 bits per heavy atom. The number of hydrogen-bond donors (Lipinski definition) is 2. The molecule has 0 radical (unpaired) electrons. The smallest absolute Gasteiger partial charge is 0.261 e. The average Bonchev–Trinajstić information content (AvgIpc) is 3.23. The first kappa shape index (κ1) is 23.8. The molecule has 1 aliphatic carbocycles. The van der Waals surface area contributed by atoms with E-state index in [2.05, 4.69) is 17.0 Å². The first-order valence-electron chi connectivity index (χ1n) is 12.1. The van der Waals surface area contributed by atoms with E-state index in [1.54, 1.807) is 23.1 Å². The quantitative estimate of drug-likeness (QED) is 0.580. The Labute approximate surface area is 197 Å². The molecule has 7 heteroatoms. The molecule has 4 rings (SSSR count). The summed E-state index contributed by atoms with van der Waals surface area (Å²) < 4.78 is 29.1. The first-order valence-corrected chi connectivity index (χ1v) is 13.6. The number of benzene rings is 2. The number of nitrogens with one attached hydrogen (secondary N) is 2. The lowest BCUT2D eigenvalue weighted by Gasteiger charge is -2.25. The molecule has 1 unspecified atom stereocenters. The Morgan fingerprint density at radius 1 is 1.12 bits per heavy atom. The van der Waals surface area contributed by atoms with Crippen molar-refractivity contribution >= 4 is 27.3 Å². The fourth-order valence-corrected chi connectivity index (χ4v) is 6.29. The molecule has 2 aromatic carbocycles. The minimum Gasteiger partial charge on any atom is -0.312 e. The highest BCUT2D eigenvalue weighted by Crippen LogP contribution is 2.31. The van der Waals surface area contributed by atoms with E-state index in [1.807, 2.05) is 24.3 Å². The van der Waals surface area contributed by atoms with Crippen LogP contribution in [0.25, 0.3) is 0 Å². The Bertz CT molecular complexity index is 1090.